The summed E-state index contributed by atoms with van der Waals surface area (Å²) in [5, 5.41) is 29.2. The summed E-state index contributed by atoms with van der Waals surface area (Å²) in [5.74, 6) is 1.10. The number of hydrogen-bond acceptors (Lipinski definition) is 5. The van der Waals surface area contributed by atoms with Crippen molar-refractivity contribution < 1.29 is 0 Å². The van der Waals surface area contributed by atoms with Crippen molar-refractivity contribution in [1.29, 1.82) is 10.8 Å². The van der Waals surface area contributed by atoms with Gasteiger partial charge in [0.1, 0.15) is 17.0 Å². The van der Waals surface area contributed by atoms with E-state index in [1.165, 1.54) is 10.2 Å². The molecular formula is C18H22N8. The van der Waals surface area contributed by atoms with Crippen molar-refractivity contribution in [3.05, 3.63) is 46.8 Å². The molecule has 2 atom stereocenters. The van der Waals surface area contributed by atoms with Crippen LogP contribution in [0.3, 0.4) is 0 Å². The lowest BCUT2D eigenvalue weighted by Crippen LogP contribution is -2.27. The fraction of sp³-hybridized carbons (Fsp3) is 0.389. The van der Waals surface area contributed by atoms with E-state index in [1.807, 2.05) is 35.7 Å². The molecule has 3 aromatic rings. The van der Waals surface area contributed by atoms with Crippen LogP contribution in [0.1, 0.15) is 42.0 Å². The van der Waals surface area contributed by atoms with Crippen LogP contribution in [-0.2, 0) is 14.1 Å². The third-order valence-electron chi connectivity index (χ3n) is 5.01. The monoisotopic (exact) mass is 350 g/mol. The molecule has 0 saturated heterocycles. The van der Waals surface area contributed by atoms with E-state index >= 15 is 0 Å². The van der Waals surface area contributed by atoms with Gasteiger partial charge in [0.25, 0.3) is 0 Å². The minimum atomic E-state index is 0.195. The van der Waals surface area contributed by atoms with Crippen molar-refractivity contribution in [2.75, 3.05) is 0 Å². The van der Waals surface area contributed by atoms with Gasteiger partial charge in [-0.2, -0.15) is 15.3 Å². The molecule has 0 aromatic carbocycles. The molecular weight excluding hydrogens is 328 g/mol. The number of rotatable bonds is 3. The van der Waals surface area contributed by atoms with Crippen LogP contribution in [0.4, 0.5) is 0 Å². The quantitative estimate of drug-likeness (QED) is 0.557. The van der Waals surface area contributed by atoms with Gasteiger partial charge in [0.05, 0.1) is 17.6 Å². The first-order chi connectivity index (χ1) is 12.4. The molecule has 0 aliphatic heterocycles. The predicted octanol–water partition coefficient (Wildman–Crippen LogP) is 1.92. The topological polar surface area (TPSA) is 101 Å². The zero-order chi connectivity index (χ0) is 18.6. The third-order valence-corrected chi connectivity index (χ3v) is 5.01. The highest BCUT2D eigenvalue weighted by atomic mass is 15.3. The summed E-state index contributed by atoms with van der Waals surface area (Å²) in [6, 6.07) is 3.49. The van der Waals surface area contributed by atoms with Crippen LogP contribution in [0, 0.1) is 17.7 Å². The van der Waals surface area contributed by atoms with Gasteiger partial charge in [0.15, 0.2) is 0 Å². The number of hydrogen-bond donors (Lipinski definition) is 2. The minimum absolute atomic E-state index is 0.195. The Morgan fingerprint density at radius 3 is 2.62 bits per heavy atom. The summed E-state index contributed by atoms with van der Waals surface area (Å²) in [5.41, 5.74) is 5.34. The van der Waals surface area contributed by atoms with Crippen molar-refractivity contribution in [2.45, 2.75) is 32.1 Å². The lowest BCUT2D eigenvalue weighted by Gasteiger charge is -2.07. The molecule has 0 bridgehead atoms. The molecule has 4 rings (SSSR count). The summed E-state index contributed by atoms with van der Waals surface area (Å²) < 4.78 is 5.03. The van der Waals surface area contributed by atoms with E-state index in [0.29, 0.717) is 11.8 Å². The Hall–Kier alpha value is -3.03. The number of aryl methyl sites for hydroxylation is 2. The number of aromatic nitrogens is 6. The summed E-state index contributed by atoms with van der Waals surface area (Å²) >= 11 is 0. The largest absolute Gasteiger partial charge is 0.287 e. The van der Waals surface area contributed by atoms with Crippen LogP contribution in [0.25, 0.3) is 11.4 Å². The van der Waals surface area contributed by atoms with Gasteiger partial charge in [0, 0.05) is 31.8 Å². The maximum Gasteiger partial charge on any atom is 0.148 e. The fourth-order valence-electron chi connectivity index (χ4n) is 3.66. The molecule has 3 heterocycles. The average molecular weight is 350 g/mol. The Balaban J connectivity index is 1.71. The van der Waals surface area contributed by atoms with E-state index in [-0.39, 0.29) is 11.3 Å². The van der Waals surface area contributed by atoms with E-state index in [0.717, 1.165) is 29.1 Å². The number of nitrogens with zero attached hydrogens (tertiary/aromatic N) is 6. The standard InChI is InChI=1S/C18H22N8/c1-10-17(14-7-13(14)12-8-21-24(3)9-12)23-25(4)18(10)15-5-6-16(20)26(22-15)11(2)19/h5-6,8-9,13-14,19-20H,7H2,1-4H3. The molecule has 1 aliphatic carbocycles. The molecule has 1 saturated carbocycles. The first kappa shape index (κ1) is 16.4. The maximum absolute atomic E-state index is 7.90. The lowest BCUT2D eigenvalue weighted by atomic mass is 10.1. The number of nitrogens with one attached hydrogen (secondary N) is 2. The van der Waals surface area contributed by atoms with Crippen molar-refractivity contribution >= 4 is 5.84 Å². The molecule has 2 N–H and O–H groups in total. The van der Waals surface area contributed by atoms with E-state index < -0.39 is 0 Å². The second-order valence-corrected chi connectivity index (χ2v) is 6.98. The van der Waals surface area contributed by atoms with E-state index in [2.05, 4.69) is 23.3 Å². The smallest absolute Gasteiger partial charge is 0.148 e. The maximum atomic E-state index is 7.90. The molecule has 3 aromatic heterocycles. The molecule has 2 unspecified atom stereocenters. The van der Waals surface area contributed by atoms with Gasteiger partial charge in [-0.05, 0) is 43.9 Å². The zero-order valence-electron chi connectivity index (χ0n) is 15.4. The third kappa shape index (κ3) is 2.58. The van der Waals surface area contributed by atoms with Crippen LogP contribution >= 0.6 is 0 Å². The highest BCUT2D eigenvalue weighted by Gasteiger charge is 2.43. The molecule has 0 amide bonds. The van der Waals surface area contributed by atoms with Crippen LogP contribution in [0.15, 0.2) is 24.5 Å². The van der Waals surface area contributed by atoms with Crippen LogP contribution in [0.5, 0.6) is 0 Å². The first-order valence-electron chi connectivity index (χ1n) is 8.59. The van der Waals surface area contributed by atoms with Crippen molar-refractivity contribution in [2.24, 2.45) is 14.1 Å². The SMILES string of the molecule is CC(=N)n1nc(-c2c(C)c(C3CC3c3cnn(C)c3)nn2C)ccc1=N. The van der Waals surface area contributed by atoms with Gasteiger partial charge in [-0.25, -0.2) is 4.68 Å². The average Bonchev–Trinajstić information content (AvgIpc) is 3.17. The molecule has 0 spiro atoms. The van der Waals surface area contributed by atoms with E-state index in [9.17, 15) is 0 Å². The van der Waals surface area contributed by atoms with Gasteiger partial charge < -0.3 is 0 Å². The Bertz CT molecular complexity index is 1070. The fourth-order valence-corrected chi connectivity index (χ4v) is 3.66. The highest BCUT2D eigenvalue weighted by Crippen LogP contribution is 2.55. The molecule has 0 radical (unpaired) electrons. The Morgan fingerprint density at radius 1 is 1.19 bits per heavy atom. The molecule has 26 heavy (non-hydrogen) atoms. The highest BCUT2D eigenvalue weighted by molar-refractivity contribution is 5.78. The van der Waals surface area contributed by atoms with Gasteiger partial charge in [-0.3, -0.25) is 20.2 Å². The molecule has 8 heteroatoms. The summed E-state index contributed by atoms with van der Waals surface area (Å²) in [4.78, 5) is 0. The summed E-state index contributed by atoms with van der Waals surface area (Å²) in [7, 11) is 3.86. The summed E-state index contributed by atoms with van der Waals surface area (Å²) in [6.45, 7) is 3.70. The minimum Gasteiger partial charge on any atom is -0.287 e. The Kier molecular flexibility index (Phi) is 3.64. The molecule has 134 valence electrons. The predicted molar refractivity (Wildman–Crippen MR) is 97.1 cm³/mol. The van der Waals surface area contributed by atoms with E-state index in [1.54, 1.807) is 13.0 Å². The van der Waals surface area contributed by atoms with Crippen molar-refractivity contribution in [1.82, 2.24) is 29.3 Å². The normalized spacial score (nSPS) is 18.9. The van der Waals surface area contributed by atoms with Gasteiger partial charge in [-0.1, -0.05) is 0 Å². The van der Waals surface area contributed by atoms with Crippen LogP contribution in [0.2, 0.25) is 0 Å². The van der Waals surface area contributed by atoms with Crippen LogP contribution in [-0.4, -0.2) is 35.2 Å². The van der Waals surface area contributed by atoms with Crippen molar-refractivity contribution in [3.8, 4) is 11.4 Å². The van der Waals surface area contributed by atoms with Gasteiger partial charge >= 0.3 is 0 Å². The van der Waals surface area contributed by atoms with Crippen molar-refractivity contribution in [3.63, 3.8) is 0 Å². The first-order valence-corrected chi connectivity index (χ1v) is 8.59. The second kappa shape index (κ2) is 5.76. The molecule has 8 nitrogen and oxygen atoms in total. The lowest BCUT2D eigenvalue weighted by molar-refractivity contribution is 0.737. The van der Waals surface area contributed by atoms with Crippen LogP contribution < -0.4 is 5.49 Å². The molecule has 1 aliphatic rings. The Morgan fingerprint density at radius 2 is 1.96 bits per heavy atom. The molecule has 1 fully saturated rings. The summed E-state index contributed by atoms with van der Waals surface area (Å²) in [6.07, 6.45) is 5.10. The zero-order valence-corrected chi connectivity index (χ0v) is 15.4. The van der Waals surface area contributed by atoms with Gasteiger partial charge in [0.2, 0.25) is 0 Å². The van der Waals surface area contributed by atoms with Gasteiger partial charge in [-0.15, -0.1) is 0 Å². The Labute approximate surface area is 151 Å². The second-order valence-electron chi connectivity index (χ2n) is 6.98. The van der Waals surface area contributed by atoms with E-state index in [4.69, 9.17) is 15.9 Å².